The van der Waals surface area contributed by atoms with E-state index < -0.39 is 0 Å². The maximum absolute atomic E-state index is 13.7. The van der Waals surface area contributed by atoms with Gasteiger partial charge in [0.1, 0.15) is 16.9 Å². The molecule has 1 aliphatic rings. The molecule has 0 fully saturated rings. The number of methoxy groups -OCH3 is 1. The second-order valence-corrected chi connectivity index (χ2v) is 5.16. The number of oxazole rings is 1. The van der Waals surface area contributed by atoms with Crippen LogP contribution >= 0.6 is 0 Å². The summed E-state index contributed by atoms with van der Waals surface area (Å²) >= 11 is 0. The second kappa shape index (κ2) is 5.60. The molecule has 1 N–H and O–H groups in total. The van der Waals surface area contributed by atoms with Crippen molar-refractivity contribution in [1.82, 2.24) is 4.98 Å². The Morgan fingerprint density at radius 2 is 2.33 bits per heavy atom. The highest BCUT2D eigenvalue weighted by Crippen LogP contribution is 2.17. The molecular formula is C16H17FN2O2. The maximum Gasteiger partial charge on any atom is 0.295 e. The molecule has 3 rings (SSSR count). The number of rotatable bonds is 4. The number of benzene rings is 1. The Kier molecular flexibility index (Phi) is 3.64. The van der Waals surface area contributed by atoms with E-state index in [1.807, 2.05) is 6.08 Å². The van der Waals surface area contributed by atoms with Crippen molar-refractivity contribution in [3.05, 3.63) is 40.3 Å². The predicted molar refractivity (Wildman–Crippen MR) is 78.7 cm³/mol. The number of hydrogen-bond donors (Lipinski definition) is 1. The fourth-order valence-corrected chi connectivity index (χ4v) is 2.30. The number of nitrogens with zero attached hydrogens (tertiary/aromatic N) is 1. The largest absolute Gasteiger partial charge is 0.497 e. The molecule has 1 aromatic carbocycles. The number of halogens is 1. The number of hydrogen-bond acceptors (Lipinski definition) is 4. The lowest BCUT2D eigenvalue weighted by Gasteiger charge is -2.06. The van der Waals surface area contributed by atoms with Gasteiger partial charge in [0.05, 0.1) is 7.11 Å². The van der Waals surface area contributed by atoms with E-state index in [1.54, 1.807) is 19.2 Å². The second-order valence-electron chi connectivity index (χ2n) is 5.16. The van der Waals surface area contributed by atoms with Gasteiger partial charge in [-0.05, 0) is 36.6 Å². The first-order valence-corrected chi connectivity index (χ1v) is 6.91. The minimum absolute atomic E-state index is 0.286. The van der Waals surface area contributed by atoms with E-state index in [0.717, 1.165) is 17.2 Å². The van der Waals surface area contributed by atoms with Crippen molar-refractivity contribution in [2.45, 2.75) is 19.9 Å². The van der Waals surface area contributed by atoms with Crippen molar-refractivity contribution in [3.63, 3.8) is 0 Å². The van der Waals surface area contributed by atoms with Crippen LogP contribution in [0.15, 0.2) is 22.6 Å². The summed E-state index contributed by atoms with van der Waals surface area (Å²) in [5, 5.41) is 3.86. The van der Waals surface area contributed by atoms with E-state index in [4.69, 9.17) is 9.15 Å². The summed E-state index contributed by atoms with van der Waals surface area (Å²) in [5.41, 5.74) is 1.29. The van der Waals surface area contributed by atoms with Crippen molar-refractivity contribution in [2.24, 2.45) is 5.92 Å². The van der Waals surface area contributed by atoms with Gasteiger partial charge in [0, 0.05) is 12.1 Å². The van der Waals surface area contributed by atoms with Gasteiger partial charge < -0.3 is 14.5 Å². The van der Waals surface area contributed by atoms with Crippen molar-refractivity contribution >= 4 is 18.2 Å². The minimum Gasteiger partial charge on any atom is -0.497 e. The van der Waals surface area contributed by atoms with Crippen LogP contribution in [0, 0.1) is 11.7 Å². The summed E-state index contributed by atoms with van der Waals surface area (Å²) in [4.78, 5) is 4.37. The first kappa shape index (κ1) is 13.7. The van der Waals surface area contributed by atoms with E-state index in [9.17, 15) is 4.39 Å². The molecule has 0 aliphatic heterocycles. The molecule has 110 valence electrons. The SMILES string of the molecule is COc1ccc(F)c(CNc2nc3c(o2)=CCC(C)C=3)c1. The predicted octanol–water partition coefficient (Wildman–Crippen LogP) is 2.04. The Labute approximate surface area is 122 Å². The number of aromatic nitrogens is 1. The van der Waals surface area contributed by atoms with Crippen LogP contribution in [-0.4, -0.2) is 12.1 Å². The van der Waals surface area contributed by atoms with Crippen LogP contribution in [0.3, 0.4) is 0 Å². The average Bonchev–Trinajstić information content (AvgIpc) is 2.88. The molecule has 4 nitrogen and oxygen atoms in total. The molecule has 1 aromatic heterocycles. The summed E-state index contributed by atoms with van der Waals surface area (Å²) in [6.07, 6.45) is 5.06. The molecule has 0 saturated carbocycles. The lowest BCUT2D eigenvalue weighted by Crippen LogP contribution is -2.26. The van der Waals surface area contributed by atoms with Crippen LogP contribution < -0.4 is 20.8 Å². The molecule has 0 bridgehead atoms. The molecule has 0 spiro atoms. The smallest absolute Gasteiger partial charge is 0.295 e. The Morgan fingerprint density at radius 3 is 3.14 bits per heavy atom. The van der Waals surface area contributed by atoms with Crippen LogP contribution in [0.2, 0.25) is 0 Å². The number of nitrogens with one attached hydrogen (secondary N) is 1. The van der Waals surface area contributed by atoms with Crippen LogP contribution in [0.5, 0.6) is 5.75 Å². The van der Waals surface area contributed by atoms with Crippen molar-refractivity contribution in [3.8, 4) is 5.75 Å². The average molecular weight is 288 g/mol. The van der Waals surface area contributed by atoms with Crippen molar-refractivity contribution < 1.29 is 13.5 Å². The quantitative estimate of drug-likeness (QED) is 0.935. The molecule has 0 saturated heterocycles. The van der Waals surface area contributed by atoms with E-state index in [2.05, 4.69) is 23.3 Å². The van der Waals surface area contributed by atoms with Crippen LogP contribution in [0.25, 0.3) is 12.2 Å². The van der Waals surface area contributed by atoms with E-state index >= 15 is 0 Å². The highest BCUT2D eigenvalue weighted by atomic mass is 19.1. The number of ether oxygens (including phenoxy) is 1. The van der Waals surface area contributed by atoms with E-state index in [-0.39, 0.29) is 12.4 Å². The minimum atomic E-state index is -0.286. The maximum atomic E-state index is 13.7. The van der Waals surface area contributed by atoms with Gasteiger partial charge in [0.15, 0.2) is 5.42 Å². The zero-order valence-corrected chi connectivity index (χ0v) is 12.0. The van der Waals surface area contributed by atoms with Gasteiger partial charge in [-0.2, -0.15) is 4.98 Å². The first-order valence-electron chi connectivity index (χ1n) is 6.91. The normalized spacial score (nSPS) is 16.6. The van der Waals surface area contributed by atoms with Crippen molar-refractivity contribution in [1.29, 1.82) is 0 Å². The molecule has 1 atom stereocenters. The third-order valence-corrected chi connectivity index (χ3v) is 3.48. The third-order valence-electron chi connectivity index (χ3n) is 3.48. The Balaban J connectivity index is 1.79. The standard InChI is InChI=1S/C16H17FN2O2/c1-10-3-6-15-14(7-10)19-16(21-15)18-9-11-8-12(20-2)4-5-13(11)17/h4-8,10H,3,9H2,1-2H3,(H,18,19). The molecule has 1 heterocycles. The molecule has 0 amide bonds. The Morgan fingerprint density at radius 1 is 1.48 bits per heavy atom. The number of fused-ring (bicyclic) bond motifs is 1. The summed E-state index contributed by atoms with van der Waals surface area (Å²) in [6, 6.07) is 5.04. The van der Waals surface area contributed by atoms with Crippen LogP contribution in [0.4, 0.5) is 10.4 Å². The zero-order chi connectivity index (χ0) is 14.8. The Hall–Kier alpha value is -2.30. The third kappa shape index (κ3) is 2.91. The van der Waals surface area contributed by atoms with Gasteiger partial charge in [-0.25, -0.2) is 4.39 Å². The summed E-state index contributed by atoms with van der Waals surface area (Å²) in [6.45, 7) is 2.42. The highest BCUT2D eigenvalue weighted by molar-refractivity contribution is 5.38. The molecule has 1 aliphatic carbocycles. The highest BCUT2D eigenvalue weighted by Gasteiger charge is 2.09. The topological polar surface area (TPSA) is 47.3 Å². The van der Waals surface area contributed by atoms with Crippen molar-refractivity contribution in [2.75, 3.05) is 12.4 Å². The monoisotopic (exact) mass is 288 g/mol. The molecular weight excluding hydrogens is 271 g/mol. The van der Waals surface area contributed by atoms with Crippen LogP contribution in [-0.2, 0) is 6.54 Å². The van der Waals surface area contributed by atoms with Gasteiger partial charge in [-0.1, -0.05) is 13.0 Å². The fraction of sp³-hybridized carbons (Fsp3) is 0.312. The molecule has 0 radical (unpaired) electrons. The van der Waals surface area contributed by atoms with Gasteiger partial charge in [-0.3, -0.25) is 0 Å². The fourth-order valence-electron chi connectivity index (χ4n) is 2.30. The summed E-state index contributed by atoms with van der Waals surface area (Å²) in [7, 11) is 1.55. The van der Waals surface area contributed by atoms with Gasteiger partial charge >= 0.3 is 0 Å². The molecule has 5 heteroatoms. The van der Waals surface area contributed by atoms with E-state index in [1.165, 1.54) is 6.07 Å². The van der Waals surface area contributed by atoms with Crippen LogP contribution in [0.1, 0.15) is 18.9 Å². The first-order chi connectivity index (χ1) is 10.2. The van der Waals surface area contributed by atoms with Gasteiger partial charge in [0.2, 0.25) is 0 Å². The molecule has 1 unspecified atom stereocenters. The lowest BCUT2D eigenvalue weighted by molar-refractivity contribution is 0.413. The summed E-state index contributed by atoms with van der Waals surface area (Å²) in [5.74, 6) is 0.799. The van der Waals surface area contributed by atoms with Gasteiger partial charge in [-0.15, -0.1) is 0 Å². The molecule has 2 aromatic rings. The Bertz CT molecular complexity index is 767. The van der Waals surface area contributed by atoms with Gasteiger partial charge in [0.25, 0.3) is 6.01 Å². The lowest BCUT2D eigenvalue weighted by atomic mass is 10.0. The zero-order valence-electron chi connectivity index (χ0n) is 12.0. The van der Waals surface area contributed by atoms with E-state index in [0.29, 0.717) is 23.2 Å². The molecule has 21 heavy (non-hydrogen) atoms. The number of anilines is 1. The summed E-state index contributed by atoms with van der Waals surface area (Å²) < 4.78 is 24.4.